The summed E-state index contributed by atoms with van der Waals surface area (Å²) in [5.41, 5.74) is -0.638. The Balaban J connectivity index is 2.50. The van der Waals surface area contributed by atoms with Crippen molar-refractivity contribution in [3.8, 4) is 0 Å². The first-order valence-electron chi connectivity index (χ1n) is 5.04. The number of carbonyl (C=O) groups is 1. The van der Waals surface area contributed by atoms with Crippen LogP contribution in [0, 0.1) is 0 Å². The molecular weight excluding hydrogens is 295 g/mol. The van der Waals surface area contributed by atoms with Crippen molar-refractivity contribution in [3.63, 3.8) is 0 Å². The first kappa shape index (κ1) is 12.2. The van der Waals surface area contributed by atoms with E-state index < -0.39 is 11.7 Å². The molecule has 1 saturated carbocycles. The number of alkyl halides is 1. The molecule has 14 heavy (non-hydrogen) atoms. The van der Waals surface area contributed by atoms with Gasteiger partial charge in [0.25, 0.3) is 0 Å². The fraction of sp³-hybridized carbons (Fsp3) is 0.900. The third-order valence-electron chi connectivity index (χ3n) is 2.75. The predicted octanol–water partition coefficient (Wildman–Crippen LogP) is 2.05. The number of hydrogen-bond donors (Lipinski definition) is 1. The Bertz CT molecular complexity index is 208. The second kappa shape index (κ2) is 5.30. The molecule has 1 aliphatic carbocycles. The van der Waals surface area contributed by atoms with Gasteiger partial charge >= 0.3 is 5.97 Å². The highest BCUT2D eigenvalue weighted by Gasteiger charge is 2.38. The van der Waals surface area contributed by atoms with Crippen molar-refractivity contribution in [2.24, 2.45) is 0 Å². The van der Waals surface area contributed by atoms with Gasteiger partial charge in [0, 0.05) is 4.43 Å². The van der Waals surface area contributed by atoms with Crippen LogP contribution in [0.15, 0.2) is 0 Å². The lowest BCUT2D eigenvalue weighted by Gasteiger charge is -2.37. The van der Waals surface area contributed by atoms with E-state index in [2.05, 4.69) is 22.6 Å². The molecule has 82 valence electrons. The maximum Gasteiger partial charge on any atom is 0.307 e. The molecule has 0 radical (unpaired) electrons. The highest BCUT2D eigenvalue weighted by Crippen LogP contribution is 2.31. The number of ether oxygens (including phenoxy) is 1. The topological polar surface area (TPSA) is 46.5 Å². The summed E-state index contributed by atoms with van der Waals surface area (Å²) < 4.78 is 6.10. The molecule has 0 amide bonds. The van der Waals surface area contributed by atoms with E-state index in [1.807, 2.05) is 6.92 Å². The number of aliphatic hydroxyl groups excluding tert-OH is 1. The maximum absolute atomic E-state index is 11.3. The first-order chi connectivity index (χ1) is 6.58. The van der Waals surface area contributed by atoms with Crippen LogP contribution in [-0.2, 0) is 9.53 Å². The summed E-state index contributed by atoms with van der Waals surface area (Å²) in [6, 6.07) is 0. The summed E-state index contributed by atoms with van der Waals surface area (Å²) >= 11 is 2.14. The van der Waals surface area contributed by atoms with Gasteiger partial charge in [0.1, 0.15) is 5.60 Å². The molecule has 2 atom stereocenters. The van der Waals surface area contributed by atoms with Crippen LogP contribution in [0.4, 0.5) is 0 Å². The third kappa shape index (κ3) is 3.08. The lowest BCUT2D eigenvalue weighted by atomic mass is 9.83. The Labute approximate surface area is 98.3 Å². The van der Waals surface area contributed by atoms with Gasteiger partial charge in [-0.05, 0) is 26.2 Å². The Kier molecular flexibility index (Phi) is 4.63. The molecule has 0 aliphatic heterocycles. The van der Waals surface area contributed by atoms with E-state index in [-0.39, 0.29) is 5.97 Å². The van der Waals surface area contributed by atoms with E-state index in [0.29, 0.717) is 6.42 Å². The molecule has 1 fully saturated rings. The van der Waals surface area contributed by atoms with E-state index in [4.69, 9.17) is 4.74 Å². The van der Waals surface area contributed by atoms with Gasteiger partial charge in [-0.2, -0.15) is 0 Å². The van der Waals surface area contributed by atoms with Gasteiger partial charge in [-0.25, -0.2) is 0 Å². The fourth-order valence-corrected chi connectivity index (χ4v) is 2.23. The Hall–Kier alpha value is 0.160. The second-order valence-corrected chi connectivity index (χ2v) is 5.07. The van der Waals surface area contributed by atoms with Gasteiger partial charge in [0.15, 0.2) is 0 Å². The summed E-state index contributed by atoms with van der Waals surface area (Å²) in [5, 5.41) is 9.77. The Morgan fingerprint density at radius 1 is 1.64 bits per heavy atom. The minimum absolute atomic E-state index is 0.192. The number of hydrogen-bond acceptors (Lipinski definition) is 3. The van der Waals surface area contributed by atoms with E-state index in [1.165, 1.54) is 0 Å². The fourth-order valence-electron chi connectivity index (χ4n) is 1.79. The standard InChI is InChI=1S/C10H17IO3/c1-10(14-9(13)5-7-11)6-3-2-4-8(10)12/h8,12H,2-7H2,1H3. The summed E-state index contributed by atoms with van der Waals surface area (Å²) in [4.78, 5) is 11.3. The summed E-state index contributed by atoms with van der Waals surface area (Å²) in [6.45, 7) is 1.84. The van der Waals surface area contributed by atoms with E-state index in [0.717, 1.165) is 30.1 Å². The molecule has 0 bridgehead atoms. The van der Waals surface area contributed by atoms with Crippen molar-refractivity contribution in [3.05, 3.63) is 0 Å². The molecule has 1 N–H and O–H groups in total. The lowest BCUT2D eigenvalue weighted by Crippen LogP contribution is -2.46. The minimum atomic E-state index is -0.638. The number of esters is 1. The van der Waals surface area contributed by atoms with Crippen LogP contribution in [0.5, 0.6) is 0 Å². The lowest BCUT2D eigenvalue weighted by molar-refractivity contribution is -0.175. The molecule has 0 heterocycles. The molecule has 0 aromatic rings. The van der Waals surface area contributed by atoms with Crippen LogP contribution in [-0.4, -0.2) is 27.2 Å². The number of carbonyl (C=O) groups excluding carboxylic acids is 1. The van der Waals surface area contributed by atoms with Crippen LogP contribution >= 0.6 is 22.6 Å². The smallest absolute Gasteiger partial charge is 0.307 e. The molecule has 2 unspecified atom stereocenters. The highest BCUT2D eigenvalue weighted by atomic mass is 127. The number of rotatable bonds is 3. The number of halogens is 1. The van der Waals surface area contributed by atoms with Crippen molar-refractivity contribution < 1.29 is 14.6 Å². The van der Waals surface area contributed by atoms with Crippen molar-refractivity contribution in [2.45, 2.75) is 50.7 Å². The Morgan fingerprint density at radius 3 is 2.93 bits per heavy atom. The largest absolute Gasteiger partial charge is 0.457 e. The molecular formula is C10H17IO3. The van der Waals surface area contributed by atoms with Crippen molar-refractivity contribution >= 4 is 28.6 Å². The summed E-state index contributed by atoms with van der Waals surface area (Å²) in [5.74, 6) is -0.192. The molecule has 0 saturated heterocycles. The van der Waals surface area contributed by atoms with E-state index in [1.54, 1.807) is 0 Å². The van der Waals surface area contributed by atoms with Gasteiger partial charge in [-0.3, -0.25) is 4.79 Å². The molecule has 3 nitrogen and oxygen atoms in total. The molecule has 1 rings (SSSR count). The molecule has 0 spiro atoms. The van der Waals surface area contributed by atoms with Crippen LogP contribution in [0.2, 0.25) is 0 Å². The summed E-state index contributed by atoms with van der Waals surface area (Å²) in [6.07, 6.45) is 3.53. The minimum Gasteiger partial charge on any atom is -0.457 e. The molecule has 0 aromatic carbocycles. The van der Waals surface area contributed by atoms with Crippen LogP contribution in [0.25, 0.3) is 0 Å². The maximum atomic E-state index is 11.3. The van der Waals surface area contributed by atoms with Gasteiger partial charge in [0.05, 0.1) is 12.5 Å². The van der Waals surface area contributed by atoms with Gasteiger partial charge < -0.3 is 9.84 Å². The van der Waals surface area contributed by atoms with Gasteiger partial charge in [-0.15, -0.1) is 0 Å². The van der Waals surface area contributed by atoms with E-state index >= 15 is 0 Å². The second-order valence-electron chi connectivity index (χ2n) is 3.99. The average molecular weight is 312 g/mol. The quantitative estimate of drug-likeness (QED) is 0.493. The van der Waals surface area contributed by atoms with Gasteiger partial charge in [0.2, 0.25) is 0 Å². The normalized spacial score (nSPS) is 32.6. The zero-order valence-corrected chi connectivity index (χ0v) is 10.6. The zero-order chi connectivity index (χ0) is 10.6. The molecule has 1 aliphatic rings. The monoisotopic (exact) mass is 312 g/mol. The van der Waals surface area contributed by atoms with Crippen LogP contribution in [0.1, 0.15) is 39.0 Å². The van der Waals surface area contributed by atoms with Crippen LogP contribution < -0.4 is 0 Å². The van der Waals surface area contributed by atoms with Gasteiger partial charge in [-0.1, -0.05) is 29.0 Å². The van der Waals surface area contributed by atoms with Crippen LogP contribution in [0.3, 0.4) is 0 Å². The number of aliphatic hydroxyl groups is 1. The summed E-state index contributed by atoms with van der Waals surface area (Å²) in [7, 11) is 0. The van der Waals surface area contributed by atoms with E-state index in [9.17, 15) is 9.90 Å². The first-order valence-corrected chi connectivity index (χ1v) is 6.57. The molecule has 4 heteroatoms. The molecule has 0 aromatic heterocycles. The van der Waals surface area contributed by atoms with Crippen molar-refractivity contribution in [1.29, 1.82) is 0 Å². The zero-order valence-electron chi connectivity index (χ0n) is 8.46. The predicted molar refractivity (Wildman–Crippen MR) is 62.5 cm³/mol. The third-order valence-corrected chi connectivity index (χ3v) is 3.29. The average Bonchev–Trinajstić information content (AvgIpc) is 2.10. The van der Waals surface area contributed by atoms with Crippen molar-refractivity contribution in [2.75, 3.05) is 4.43 Å². The SMILES string of the molecule is CC1(OC(=O)CCI)CCCCC1O. The Morgan fingerprint density at radius 2 is 2.36 bits per heavy atom. The van der Waals surface area contributed by atoms with Crippen molar-refractivity contribution in [1.82, 2.24) is 0 Å². The highest BCUT2D eigenvalue weighted by molar-refractivity contribution is 14.1.